The molecule has 0 aliphatic carbocycles. The number of urea groups is 1. The van der Waals surface area contributed by atoms with Gasteiger partial charge in [-0.1, -0.05) is 24.3 Å². The van der Waals surface area contributed by atoms with Gasteiger partial charge in [-0.25, -0.2) is 14.8 Å². The highest BCUT2D eigenvalue weighted by Crippen LogP contribution is 2.38. The molecule has 3 N–H and O–H groups in total. The van der Waals surface area contributed by atoms with Crippen molar-refractivity contribution in [3.8, 4) is 0 Å². The monoisotopic (exact) mass is 799 g/mol. The summed E-state index contributed by atoms with van der Waals surface area (Å²) in [6, 6.07) is 13.4. The van der Waals surface area contributed by atoms with E-state index in [4.69, 9.17) is 0 Å². The molecule has 0 saturated carbocycles. The molecular formula is C40H43F6N7O4. The van der Waals surface area contributed by atoms with Crippen LogP contribution in [0.3, 0.4) is 0 Å². The zero-order chi connectivity index (χ0) is 40.5. The van der Waals surface area contributed by atoms with E-state index < -0.39 is 53.3 Å². The first-order chi connectivity index (χ1) is 27.2. The van der Waals surface area contributed by atoms with E-state index in [0.717, 1.165) is 37.2 Å². The zero-order valence-corrected chi connectivity index (χ0v) is 31.0. The maximum atomic E-state index is 13.9. The Bertz CT molecular complexity index is 2090. The number of rotatable bonds is 11. The zero-order valence-electron chi connectivity index (χ0n) is 31.0. The number of imidazole rings is 1. The van der Waals surface area contributed by atoms with Gasteiger partial charge in [-0.05, 0) is 112 Å². The Morgan fingerprint density at radius 1 is 0.877 bits per heavy atom. The van der Waals surface area contributed by atoms with Gasteiger partial charge in [-0.3, -0.25) is 15.0 Å². The number of likely N-dealkylation sites (tertiary alicyclic amines) is 1. The molecule has 3 aromatic carbocycles. The topological polar surface area (TPSA) is 123 Å². The molecular weight excluding hydrogens is 756 g/mol. The van der Waals surface area contributed by atoms with Crippen molar-refractivity contribution in [2.75, 3.05) is 44.6 Å². The maximum absolute atomic E-state index is 13.9. The smallest absolute Gasteiger partial charge is 0.416 e. The molecule has 1 unspecified atom stereocenters. The highest BCUT2D eigenvalue weighted by atomic mass is 19.4. The van der Waals surface area contributed by atoms with Crippen LogP contribution < -0.4 is 10.7 Å². The highest BCUT2D eigenvalue weighted by Gasteiger charge is 2.38. The summed E-state index contributed by atoms with van der Waals surface area (Å²) in [4.78, 5) is 48.6. The third-order valence-corrected chi connectivity index (χ3v) is 11.1. The van der Waals surface area contributed by atoms with Crippen molar-refractivity contribution in [1.82, 2.24) is 29.8 Å². The number of carboxylic acid groups (broad SMARTS) is 1. The third kappa shape index (κ3) is 9.04. The Morgan fingerprint density at radius 3 is 2.23 bits per heavy atom. The van der Waals surface area contributed by atoms with Gasteiger partial charge in [0.25, 0.3) is 5.91 Å². The van der Waals surface area contributed by atoms with E-state index in [-0.39, 0.29) is 41.6 Å². The van der Waals surface area contributed by atoms with Gasteiger partial charge in [0, 0.05) is 37.9 Å². The number of anilines is 1. The summed E-state index contributed by atoms with van der Waals surface area (Å²) in [5, 5.41) is 15.2. The number of nitrogens with one attached hydrogen (secondary N) is 2. The SMILES string of the molecule is O=C(NN1CCC(N2CCc3ccccc3NC2=O)CC1)c1cccc2c1nc(C(Cc1cc(C(F)(F)F)cc(C(F)(F)F)c1)C(=O)O)n2CCCN1CCCC1. The number of amides is 3. The number of nitrogens with zero attached hydrogens (tertiary/aromatic N) is 5. The average Bonchev–Trinajstić information content (AvgIpc) is 3.78. The van der Waals surface area contributed by atoms with E-state index in [9.17, 15) is 45.8 Å². The molecule has 0 radical (unpaired) electrons. The lowest BCUT2D eigenvalue weighted by molar-refractivity contribution is -0.143. The minimum Gasteiger partial charge on any atom is -0.481 e. The van der Waals surface area contributed by atoms with Crippen LogP contribution in [0.1, 0.15) is 76.5 Å². The average molecular weight is 800 g/mol. The van der Waals surface area contributed by atoms with Crippen molar-refractivity contribution in [3.05, 3.63) is 94.3 Å². The normalized spacial score (nSPS) is 18.0. The molecule has 2 saturated heterocycles. The van der Waals surface area contributed by atoms with Crippen LogP contribution in [0.25, 0.3) is 11.0 Å². The Kier molecular flexibility index (Phi) is 11.5. The van der Waals surface area contributed by atoms with Gasteiger partial charge in [-0.15, -0.1) is 0 Å². The number of aryl methyl sites for hydroxylation is 1. The van der Waals surface area contributed by atoms with Crippen LogP contribution in [0.15, 0.2) is 60.7 Å². The van der Waals surface area contributed by atoms with E-state index in [1.54, 1.807) is 21.7 Å². The number of carbonyl (C=O) groups excluding carboxylic acids is 2. The molecule has 7 rings (SSSR count). The van der Waals surface area contributed by atoms with E-state index in [1.807, 2.05) is 29.2 Å². The van der Waals surface area contributed by atoms with Gasteiger partial charge in [-0.2, -0.15) is 26.3 Å². The Morgan fingerprint density at radius 2 is 1.56 bits per heavy atom. The maximum Gasteiger partial charge on any atom is 0.416 e. The molecule has 4 heterocycles. The van der Waals surface area contributed by atoms with Gasteiger partial charge in [0.2, 0.25) is 0 Å². The van der Waals surface area contributed by atoms with Crippen LogP contribution in [0.4, 0.5) is 36.8 Å². The molecule has 11 nitrogen and oxygen atoms in total. The molecule has 57 heavy (non-hydrogen) atoms. The van der Waals surface area contributed by atoms with E-state index >= 15 is 0 Å². The molecule has 3 aliphatic rings. The molecule has 0 spiro atoms. The number of carbonyl (C=O) groups is 3. The van der Waals surface area contributed by atoms with E-state index in [2.05, 4.69) is 20.6 Å². The van der Waals surface area contributed by atoms with Crippen LogP contribution in [-0.4, -0.2) is 92.7 Å². The number of hydrogen-bond donors (Lipinski definition) is 3. The standard InChI is InChI=1S/C40H43F6N7O4/c41-39(42,43)27-21-25(22-28(24-27)40(44,45)46)23-31(37(55)56)35-48-34-30(8-5-10-33(34)53(35)17-6-16-50-14-3-4-15-50)36(54)49-51-18-12-29(13-19-51)52-20-11-26-7-1-2-9-32(26)47-38(52)57/h1-2,5,7-10,21-22,24,29,31H,3-4,6,11-20,23H2,(H,47,57)(H,49,54)(H,55,56). The summed E-state index contributed by atoms with van der Waals surface area (Å²) in [5.41, 5.74) is 1.92. The number of aliphatic carboxylic acids is 1. The molecule has 17 heteroatoms. The molecule has 4 aromatic rings. The molecule has 3 aliphatic heterocycles. The number of hydrazine groups is 1. The van der Waals surface area contributed by atoms with Gasteiger partial charge in [0.1, 0.15) is 17.3 Å². The molecule has 1 aromatic heterocycles. The molecule has 304 valence electrons. The summed E-state index contributed by atoms with van der Waals surface area (Å²) in [5.74, 6) is -3.74. The number of piperidine rings is 1. The van der Waals surface area contributed by atoms with Gasteiger partial charge >= 0.3 is 24.4 Å². The van der Waals surface area contributed by atoms with Crippen LogP contribution in [0, 0.1) is 0 Å². The van der Waals surface area contributed by atoms with Crippen LogP contribution in [0.5, 0.6) is 0 Å². The Balaban J connectivity index is 1.13. The first-order valence-corrected chi connectivity index (χ1v) is 19.1. The van der Waals surface area contributed by atoms with Crippen molar-refractivity contribution in [3.63, 3.8) is 0 Å². The number of fused-ring (bicyclic) bond motifs is 2. The summed E-state index contributed by atoms with van der Waals surface area (Å²) in [7, 11) is 0. The first-order valence-electron chi connectivity index (χ1n) is 19.1. The predicted molar refractivity (Wildman–Crippen MR) is 198 cm³/mol. The van der Waals surface area contributed by atoms with Crippen molar-refractivity contribution in [1.29, 1.82) is 0 Å². The summed E-state index contributed by atoms with van der Waals surface area (Å²) >= 11 is 0. The van der Waals surface area contributed by atoms with Crippen molar-refractivity contribution >= 4 is 34.6 Å². The second-order valence-electron chi connectivity index (χ2n) is 14.9. The second kappa shape index (κ2) is 16.4. The first kappa shape index (κ1) is 40.1. The summed E-state index contributed by atoms with van der Waals surface area (Å²) < 4.78 is 84.0. The fourth-order valence-electron chi connectivity index (χ4n) is 8.20. The number of benzene rings is 3. The van der Waals surface area contributed by atoms with E-state index in [0.29, 0.717) is 69.5 Å². The number of alkyl halides is 6. The molecule has 0 bridgehead atoms. The van der Waals surface area contributed by atoms with Crippen LogP contribution >= 0.6 is 0 Å². The minimum atomic E-state index is -5.11. The van der Waals surface area contributed by atoms with Crippen molar-refractivity contribution < 1.29 is 45.8 Å². The van der Waals surface area contributed by atoms with Gasteiger partial charge < -0.3 is 24.8 Å². The molecule has 1 atom stereocenters. The number of halogens is 6. The number of hydrogen-bond acceptors (Lipinski definition) is 6. The Labute approximate surface area is 324 Å². The lowest BCUT2D eigenvalue weighted by Gasteiger charge is -2.37. The third-order valence-electron chi connectivity index (χ3n) is 11.1. The lowest BCUT2D eigenvalue weighted by atomic mass is 9.95. The quantitative estimate of drug-likeness (QED) is 0.138. The number of carboxylic acids is 1. The largest absolute Gasteiger partial charge is 0.481 e. The fourth-order valence-corrected chi connectivity index (χ4v) is 8.20. The van der Waals surface area contributed by atoms with Crippen molar-refractivity contribution in [2.45, 2.75) is 75.8 Å². The van der Waals surface area contributed by atoms with Gasteiger partial charge in [0.05, 0.1) is 22.2 Å². The summed E-state index contributed by atoms with van der Waals surface area (Å²) in [6.07, 6.45) is -6.38. The Hall–Kier alpha value is -5.16. The number of aromatic nitrogens is 2. The summed E-state index contributed by atoms with van der Waals surface area (Å²) in [6.45, 7) is 4.19. The molecule has 2 fully saturated rings. The fraction of sp³-hybridized carbons (Fsp3) is 0.450. The van der Waals surface area contributed by atoms with Crippen LogP contribution in [0.2, 0.25) is 0 Å². The van der Waals surface area contributed by atoms with Crippen LogP contribution in [-0.2, 0) is 36.5 Å². The number of para-hydroxylation sites is 2. The van der Waals surface area contributed by atoms with Gasteiger partial charge in [0.15, 0.2) is 0 Å². The van der Waals surface area contributed by atoms with E-state index in [1.165, 1.54) is 6.07 Å². The lowest BCUT2D eigenvalue weighted by Crippen LogP contribution is -2.53. The highest BCUT2D eigenvalue weighted by molar-refractivity contribution is 6.05. The second-order valence-corrected chi connectivity index (χ2v) is 14.9. The minimum absolute atomic E-state index is 0.00503. The predicted octanol–water partition coefficient (Wildman–Crippen LogP) is 7.17. The molecule has 3 amide bonds. The van der Waals surface area contributed by atoms with Crippen molar-refractivity contribution in [2.24, 2.45) is 0 Å².